The van der Waals surface area contributed by atoms with Gasteiger partial charge < -0.3 is 15.4 Å². The number of piperidine rings is 1. The van der Waals surface area contributed by atoms with Gasteiger partial charge in [-0.3, -0.25) is 9.59 Å². The summed E-state index contributed by atoms with van der Waals surface area (Å²) >= 11 is 0. The molecule has 2 rings (SSSR count). The molecule has 1 fully saturated rings. The van der Waals surface area contributed by atoms with Gasteiger partial charge in [0.15, 0.2) is 11.6 Å². The van der Waals surface area contributed by atoms with Gasteiger partial charge in [0.05, 0.1) is 7.11 Å². The Hall–Kier alpha value is -2.11. The van der Waals surface area contributed by atoms with Crippen molar-refractivity contribution in [3.05, 3.63) is 29.6 Å². The number of amides is 2. The molecule has 1 aromatic rings. The maximum Gasteiger partial charge on any atom is 0.251 e. The molecular weight excluding hydrogens is 251 g/mol. The van der Waals surface area contributed by atoms with Gasteiger partial charge in [-0.2, -0.15) is 0 Å². The number of methoxy groups -OCH3 is 1. The van der Waals surface area contributed by atoms with Crippen molar-refractivity contribution in [3.63, 3.8) is 0 Å². The summed E-state index contributed by atoms with van der Waals surface area (Å²) in [6, 6.07) is 3.93. The van der Waals surface area contributed by atoms with E-state index >= 15 is 0 Å². The molecule has 1 saturated heterocycles. The van der Waals surface area contributed by atoms with Crippen molar-refractivity contribution in [2.24, 2.45) is 0 Å². The van der Waals surface area contributed by atoms with Crippen LogP contribution in [0.1, 0.15) is 23.2 Å². The van der Waals surface area contributed by atoms with Crippen molar-refractivity contribution < 1.29 is 18.7 Å². The van der Waals surface area contributed by atoms with Crippen molar-refractivity contribution in [1.82, 2.24) is 10.6 Å². The molecular formula is C13H15FN2O3. The third-order valence-electron chi connectivity index (χ3n) is 3.01. The second kappa shape index (κ2) is 5.69. The molecule has 1 aromatic carbocycles. The zero-order valence-electron chi connectivity index (χ0n) is 10.5. The van der Waals surface area contributed by atoms with Gasteiger partial charge in [-0.05, 0) is 24.6 Å². The average Bonchev–Trinajstić information content (AvgIpc) is 2.41. The number of benzene rings is 1. The van der Waals surface area contributed by atoms with Crippen LogP contribution in [0, 0.1) is 5.82 Å². The lowest BCUT2D eigenvalue weighted by molar-refractivity contribution is -0.122. The minimum absolute atomic E-state index is 0.0130. The fourth-order valence-corrected chi connectivity index (χ4v) is 1.93. The van der Waals surface area contributed by atoms with E-state index in [4.69, 9.17) is 4.74 Å². The molecule has 19 heavy (non-hydrogen) atoms. The van der Waals surface area contributed by atoms with Crippen LogP contribution in [0.3, 0.4) is 0 Å². The van der Waals surface area contributed by atoms with Gasteiger partial charge >= 0.3 is 0 Å². The lowest BCUT2D eigenvalue weighted by Crippen LogP contribution is -2.47. The van der Waals surface area contributed by atoms with Gasteiger partial charge in [0.25, 0.3) is 5.91 Å². The van der Waals surface area contributed by atoms with E-state index in [9.17, 15) is 14.0 Å². The maximum absolute atomic E-state index is 13.5. The van der Waals surface area contributed by atoms with Crippen molar-refractivity contribution in [1.29, 1.82) is 0 Å². The molecule has 2 amide bonds. The minimum Gasteiger partial charge on any atom is -0.494 e. The van der Waals surface area contributed by atoms with Gasteiger partial charge in [-0.1, -0.05) is 0 Å². The molecule has 0 spiro atoms. The fraction of sp³-hybridized carbons (Fsp3) is 0.385. The highest BCUT2D eigenvalue weighted by atomic mass is 19.1. The molecule has 1 aliphatic heterocycles. The Kier molecular flexibility index (Phi) is 3.99. The highest BCUT2D eigenvalue weighted by Gasteiger charge is 2.20. The molecule has 1 unspecified atom stereocenters. The Bertz CT molecular complexity index is 495. The monoisotopic (exact) mass is 266 g/mol. The Labute approximate surface area is 110 Å². The van der Waals surface area contributed by atoms with Gasteiger partial charge in [0, 0.05) is 24.6 Å². The average molecular weight is 266 g/mol. The first-order chi connectivity index (χ1) is 9.10. The first-order valence-electron chi connectivity index (χ1n) is 6.01. The van der Waals surface area contributed by atoms with E-state index < -0.39 is 5.82 Å². The van der Waals surface area contributed by atoms with E-state index in [1.807, 2.05) is 0 Å². The fourth-order valence-electron chi connectivity index (χ4n) is 1.93. The van der Waals surface area contributed by atoms with Crippen LogP contribution >= 0.6 is 0 Å². The molecule has 0 radical (unpaired) electrons. The summed E-state index contributed by atoms with van der Waals surface area (Å²) in [5.41, 5.74) is 0.232. The maximum atomic E-state index is 13.5. The molecule has 6 heteroatoms. The van der Waals surface area contributed by atoms with E-state index in [-0.39, 0.29) is 29.2 Å². The standard InChI is InChI=1S/C13H15FN2O3/c1-19-11-4-2-8(6-10(11)14)13(18)16-9-3-5-12(17)15-7-9/h2,4,6,9H,3,5,7H2,1H3,(H,15,17)(H,16,18). The Morgan fingerprint density at radius 1 is 1.53 bits per heavy atom. The van der Waals surface area contributed by atoms with Crippen LogP contribution in [0.25, 0.3) is 0 Å². The van der Waals surface area contributed by atoms with E-state index in [0.717, 1.165) is 6.07 Å². The molecule has 0 aromatic heterocycles. The summed E-state index contributed by atoms with van der Waals surface area (Å²) in [6.07, 6.45) is 0.984. The van der Waals surface area contributed by atoms with Crippen molar-refractivity contribution in [2.45, 2.75) is 18.9 Å². The third kappa shape index (κ3) is 3.21. The zero-order chi connectivity index (χ0) is 13.8. The smallest absolute Gasteiger partial charge is 0.251 e. The topological polar surface area (TPSA) is 67.4 Å². The number of carbonyl (C=O) groups is 2. The largest absolute Gasteiger partial charge is 0.494 e. The van der Waals surface area contributed by atoms with Crippen LogP contribution in [0.4, 0.5) is 4.39 Å². The van der Waals surface area contributed by atoms with Gasteiger partial charge in [-0.15, -0.1) is 0 Å². The number of rotatable bonds is 3. The predicted octanol–water partition coefficient (Wildman–Crippen LogP) is 0.843. The van der Waals surface area contributed by atoms with E-state index in [2.05, 4.69) is 10.6 Å². The molecule has 2 N–H and O–H groups in total. The van der Waals surface area contributed by atoms with Crippen molar-refractivity contribution in [3.8, 4) is 5.75 Å². The second-order valence-electron chi connectivity index (χ2n) is 4.36. The number of hydrogen-bond donors (Lipinski definition) is 2. The molecule has 1 atom stereocenters. The summed E-state index contributed by atoms with van der Waals surface area (Å²) in [5.74, 6) is -0.850. The Balaban J connectivity index is 2.00. The molecule has 1 heterocycles. The molecule has 0 aliphatic carbocycles. The van der Waals surface area contributed by atoms with E-state index in [1.165, 1.54) is 19.2 Å². The highest BCUT2D eigenvalue weighted by molar-refractivity contribution is 5.94. The number of nitrogens with one attached hydrogen (secondary N) is 2. The normalized spacial score (nSPS) is 18.6. The van der Waals surface area contributed by atoms with Crippen LogP contribution in [0.15, 0.2) is 18.2 Å². The van der Waals surface area contributed by atoms with Crippen LogP contribution in [0.2, 0.25) is 0 Å². The van der Waals surface area contributed by atoms with E-state index in [0.29, 0.717) is 19.4 Å². The van der Waals surface area contributed by atoms with Crippen LogP contribution in [-0.2, 0) is 4.79 Å². The molecule has 5 nitrogen and oxygen atoms in total. The lowest BCUT2D eigenvalue weighted by Gasteiger charge is -2.23. The van der Waals surface area contributed by atoms with E-state index in [1.54, 1.807) is 0 Å². The summed E-state index contributed by atoms with van der Waals surface area (Å²) in [4.78, 5) is 22.9. The highest BCUT2D eigenvalue weighted by Crippen LogP contribution is 2.17. The van der Waals surface area contributed by atoms with Crippen LogP contribution in [0.5, 0.6) is 5.75 Å². The summed E-state index contributed by atoms with van der Waals surface area (Å²) in [6.45, 7) is 0.406. The van der Waals surface area contributed by atoms with Crippen molar-refractivity contribution in [2.75, 3.05) is 13.7 Å². The zero-order valence-corrected chi connectivity index (χ0v) is 10.5. The van der Waals surface area contributed by atoms with Gasteiger partial charge in [0.1, 0.15) is 0 Å². The summed E-state index contributed by atoms with van der Waals surface area (Å²) in [7, 11) is 1.36. The van der Waals surface area contributed by atoms with Crippen LogP contribution < -0.4 is 15.4 Å². The third-order valence-corrected chi connectivity index (χ3v) is 3.01. The predicted molar refractivity (Wildman–Crippen MR) is 66.4 cm³/mol. The molecule has 0 bridgehead atoms. The van der Waals surface area contributed by atoms with Crippen LogP contribution in [-0.4, -0.2) is 31.5 Å². The summed E-state index contributed by atoms with van der Waals surface area (Å²) < 4.78 is 18.3. The molecule has 0 saturated carbocycles. The SMILES string of the molecule is COc1ccc(C(=O)NC2CCC(=O)NC2)cc1F. The first-order valence-corrected chi connectivity index (χ1v) is 6.01. The number of carbonyl (C=O) groups excluding carboxylic acids is 2. The lowest BCUT2D eigenvalue weighted by atomic mass is 10.1. The minimum atomic E-state index is -0.577. The number of halogens is 1. The van der Waals surface area contributed by atoms with Crippen molar-refractivity contribution >= 4 is 11.8 Å². The summed E-state index contributed by atoms with van der Waals surface area (Å²) in [5, 5.41) is 5.43. The molecule has 102 valence electrons. The molecule has 1 aliphatic rings. The second-order valence-corrected chi connectivity index (χ2v) is 4.36. The number of ether oxygens (including phenoxy) is 1. The quantitative estimate of drug-likeness (QED) is 0.852. The number of hydrogen-bond acceptors (Lipinski definition) is 3. The van der Waals surface area contributed by atoms with Gasteiger partial charge in [0.2, 0.25) is 5.91 Å². The first kappa shape index (κ1) is 13.3. The Morgan fingerprint density at radius 2 is 2.32 bits per heavy atom. The Morgan fingerprint density at radius 3 is 2.89 bits per heavy atom. The van der Waals surface area contributed by atoms with Gasteiger partial charge in [-0.25, -0.2) is 4.39 Å².